The van der Waals surface area contributed by atoms with Gasteiger partial charge in [-0.25, -0.2) is 0 Å². The quantitative estimate of drug-likeness (QED) is 0.616. The second-order valence-corrected chi connectivity index (χ2v) is 6.80. The maximum atomic E-state index is 12.2. The standard InChI is InChI=1S/C25H19N3O/c26-15-20-10-4-5-11-22(20)23-14-21(24-12-6-7-13-27-24)17-28(25(23)18-29)16-19-8-2-1-3-9-19/h1-14,17-18,25H,16H2. The summed E-state index contributed by atoms with van der Waals surface area (Å²) in [5.41, 5.74) is 4.95. The molecule has 0 aliphatic carbocycles. The van der Waals surface area contributed by atoms with E-state index in [0.717, 1.165) is 34.3 Å². The molecule has 140 valence electrons. The number of pyridine rings is 1. The minimum absolute atomic E-state index is 0.489. The van der Waals surface area contributed by atoms with Crippen molar-refractivity contribution in [2.45, 2.75) is 12.6 Å². The van der Waals surface area contributed by atoms with Gasteiger partial charge in [0.2, 0.25) is 0 Å². The average molecular weight is 377 g/mol. The van der Waals surface area contributed by atoms with E-state index in [1.165, 1.54) is 0 Å². The highest BCUT2D eigenvalue weighted by atomic mass is 16.1. The molecular weight excluding hydrogens is 358 g/mol. The molecule has 0 N–H and O–H groups in total. The molecular formula is C25H19N3O. The van der Waals surface area contributed by atoms with E-state index in [-0.39, 0.29) is 0 Å². The van der Waals surface area contributed by atoms with Crippen LogP contribution in [-0.2, 0) is 11.3 Å². The number of allylic oxidation sites excluding steroid dienone is 2. The lowest BCUT2D eigenvalue weighted by Gasteiger charge is -2.33. The van der Waals surface area contributed by atoms with Crippen LogP contribution >= 0.6 is 0 Å². The van der Waals surface area contributed by atoms with Crippen LogP contribution in [0.2, 0.25) is 0 Å². The Bertz CT molecular complexity index is 1110. The predicted molar refractivity (Wildman–Crippen MR) is 113 cm³/mol. The van der Waals surface area contributed by atoms with Crippen LogP contribution in [-0.4, -0.2) is 22.2 Å². The van der Waals surface area contributed by atoms with Crippen LogP contribution in [0, 0.1) is 11.3 Å². The second kappa shape index (κ2) is 8.37. The Hall–Kier alpha value is -3.97. The third-order valence-corrected chi connectivity index (χ3v) is 4.95. The van der Waals surface area contributed by atoms with Gasteiger partial charge >= 0.3 is 0 Å². The molecule has 4 nitrogen and oxygen atoms in total. The van der Waals surface area contributed by atoms with Crippen molar-refractivity contribution in [1.29, 1.82) is 5.26 Å². The number of nitrogens with zero attached hydrogens (tertiary/aromatic N) is 3. The number of benzene rings is 2. The monoisotopic (exact) mass is 377 g/mol. The van der Waals surface area contributed by atoms with Gasteiger partial charge in [0.05, 0.1) is 17.3 Å². The third-order valence-electron chi connectivity index (χ3n) is 4.95. The lowest BCUT2D eigenvalue weighted by Crippen LogP contribution is -2.35. The van der Waals surface area contributed by atoms with Gasteiger partial charge in [0.15, 0.2) is 0 Å². The Morgan fingerprint density at radius 2 is 1.76 bits per heavy atom. The number of hydrogen-bond donors (Lipinski definition) is 0. The Morgan fingerprint density at radius 1 is 1.00 bits per heavy atom. The molecule has 1 atom stereocenters. The van der Waals surface area contributed by atoms with E-state index >= 15 is 0 Å². The highest BCUT2D eigenvalue weighted by Crippen LogP contribution is 2.33. The molecule has 29 heavy (non-hydrogen) atoms. The molecule has 1 aliphatic heterocycles. The van der Waals surface area contributed by atoms with Gasteiger partial charge in [-0.1, -0.05) is 54.6 Å². The summed E-state index contributed by atoms with van der Waals surface area (Å²) in [7, 11) is 0. The number of carbonyl (C=O) groups excluding carboxylic acids is 1. The molecule has 2 aromatic carbocycles. The summed E-state index contributed by atoms with van der Waals surface area (Å²) < 4.78 is 0. The lowest BCUT2D eigenvalue weighted by atomic mass is 9.89. The summed E-state index contributed by atoms with van der Waals surface area (Å²) in [5, 5.41) is 9.59. The normalized spacial score (nSPS) is 15.8. The maximum absolute atomic E-state index is 12.2. The molecule has 3 aromatic rings. The minimum atomic E-state index is -0.489. The molecule has 4 rings (SSSR count). The van der Waals surface area contributed by atoms with Crippen LogP contribution in [0.3, 0.4) is 0 Å². The summed E-state index contributed by atoms with van der Waals surface area (Å²) in [6.07, 6.45) is 6.64. The van der Waals surface area contributed by atoms with Crippen LogP contribution in [0.5, 0.6) is 0 Å². The van der Waals surface area contributed by atoms with Gasteiger partial charge in [0, 0.05) is 24.5 Å². The number of hydrogen-bond acceptors (Lipinski definition) is 4. The molecule has 0 fully saturated rings. The van der Waals surface area contributed by atoms with Crippen molar-refractivity contribution in [2.75, 3.05) is 0 Å². The second-order valence-electron chi connectivity index (χ2n) is 6.80. The van der Waals surface area contributed by atoms with Crippen molar-refractivity contribution in [3.8, 4) is 6.07 Å². The SMILES string of the molecule is N#Cc1ccccc1C1=CC(c2ccccn2)=CN(Cc2ccccc2)C1C=O. The fraction of sp³-hybridized carbons (Fsp3) is 0.0800. The van der Waals surface area contributed by atoms with Gasteiger partial charge in [0.25, 0.3) is 0 Å². The number of aromatic nitrogens is 1. The summed E-state index contributed by atoms with van der Waals surface area (Å²) in [6, 6.07) is 24.9. The van der Waals surface area contributed by atoms with Crippen molar-refractivity contribution in [2.24, 2.45) is 0 Å². The first-order valence-corrected chi connectivity index (χ1v) is 9.39. The van der Waals surface area contributed by atoms with E-state index in [1.54, 1.807) is 12.3 Å². The van der Waals surface area contributed by atoms with Crippen LogP contribution in [0.1, 0.15) is 22.4 Å². The third kappa shape index (κ3) is 3.85. The smallest absolute Gasteiger partial charge is 0.147 e. The highest BCUT2D eigenvalue weighted by molar-refractivity contribution is 5.94. The largest absolute Gasteiger partial charge is 0.359 e. The molecule has 4 heteroatoms. The van der Waals surface area contributed by atoms with Crippen molar-refractivity contribution in [1.82, 2.24) is 9.88 Å². The van der Waals surface area contributed by atoms with Gasteiger partial charge in [-0.15, -0.1) is 0 Å². The van der Waals surface area contributed by atoms with E-state index in [4.69, 9.17) is 0 Å². The Balaban J connectivity index is 1.84. The van der Waals surface area contributed by atoms with E-state index in [9.17, 15) is 10.1 Å². The fourth-order valence-corrected chi connectivity index (χ4v) is 3.56. The van der Waals surface area contributed by atoms with Crippen LogP contribution in [0.25, 0.3) is 11.1 Å². The van der Waals surface area contributed by atoms with E-state index in [2.05, 4.69) is 11.1 Å². The van der Waals surface area contributed by atoms with Crippen LogP contribution < -0.4 is 0 Å². The van der Waals surface area contributed by atoms with Crippen molar-refractivity contribution < 1.29 is 4.79 Å². The topological polar surface area (TPSA) is 57.0 Å². The summed E-state index contributed by atoms with van der Waals surface area (Å²) in [4.78, 5) is 18.7. The maximum Gasteiger partial charge on any atom is 0.147 e. The Kier molecular flexibility index (Phi) is 5.31. The van der Waals surface area contributed by atoms with Crippen LogP contribution in [0.4, 0.5) is 0 Å². The highest BCUT2D eigenvalue weighted by Gasteiger charge is 2.27. The predicted octanol–water partition coefficient (Wildman–Crippen LogP) is 4.46. The van der Waals surface area contributed by atoms with E-state index in [0.29, 0.717) is 12.1 Å². The Morgan fingerprint density at radius 3 is 2.48 bits per heavy atom. The first kappa shape index (κ1) is 18.4. The zero-order chi connectivity index (χ0) is 20.1. The number of rotatable bonds is 5. The molecule has 1 aromatic heterocycles. The van der Waals surface area contributed by atoms with Crippen LogP contribution in [0.15, 0.2) is 91.3 Å². The average Bonchev–Trinajstić information content (AvgIpc) is 2.80. The minimum Gasteiger partial charge on any atom is -0.359 e. The summed E-state index contributed by atoms with van der Waals surface area (Å²) >= 11 is 0. The number of nitriles is 1. The first-order valence-electron chi connectivity index (χ1n) is 9.39. The molecule has 1 aliphatic rings. The fourth-order valence-electron chi connectivity index (χ4n) is 3.56. The lowest BCUT2D eigenvalue weighted by molar-refractivity contribution is -0.110. The van der Waals surface area contributed by atoms with Gasteiger partial charge in [0.1, 0.15) is 12.3 Å². The molecule has 0 radical (unpaired) electrons. The molecule has 2 heterocycles. The zero-order valence-electron chi connectivity index (χ0n) is 15.8. The molecule has 1 unspecified atom stereocenters. The summed E-state index contributed by atoms with van der Waals surface area (Å²) in [6.45, 7) is 0.576. The van der Waals surface area contributed by atoms with Gasteiger partial charge < -0.3 is 9.69 Å². The van der Waals surface area contributed by atoms with Gasteiger partial charge in [-0.05, 0) is 41.0 Å². The van der Waals surface area contributed by atoms with E-state index in [1.807, 2.05) is 83.9 Å². The molecule has 0 amide bonds. The molecule has 0 saturated carbocycles. The summed E-state index contributed by atoms with van der Waals surface area (Å²) in [5.74, 6) is 0. The molecule has 0 spiro atoms. The number of carbonyl (C=O) groups is 1. The zero-order valence-corrected chi connectivity index (χ0v) is 15.8. The first-order chi connectivity index (χ1) is 14.3. The van der Waals surface area contributed by atoms with E-state index < -0.39 is 6.04 Å². The Labute approximate surface area is 170 Å². The molecule has 0 saturated heterocycles. The van der Waals surface area contributed by atoms with Crippen molar-refractivity contribution in [3.05, 3.63) is 114 Å². The van der Waals surface area contributed by atoms with Crippen molar-refractivity contribution >= 4 is 17.4 Å². The molecule has 0 bridgehead atoms. The number of aldehydes is 1. The van der Waals surface area contributed by atoms with Crippen molar-refractivity contribution in [3.63, 3.8) is 0 Å². The van der Waals surface area contributed by atoms with Gasteiger partial charge in [-0.3, -0.25) is 4.98 Å². The van der Waals surface area contributed by atoms with Gasteiger partial charge in [-0.2, -0.15) is 5.26 Å².